The van der Waals surface area contributed by atoms with Crippen LogP contribution < -0.4 is 19.5 Å². The summed E-state index contributed by atoms with van der Waals surface area (Å²) in [5.74, 6) is 0.249. The van der Waals surface area contributed by atoms with Crippen molar-refractivity contribution < 1.29 is 28.7 Å². The molecule has 0 bridgehead atoms. The van der Waals surface area contributed by atoms with Crippen LogP contribution in [0, 0.1) is 10.1 Å². The summed E-state index contributed by atoms with van der Waals surface area (Å²) in [6.45, 7) is 5.53. The third kappa shape index (κ3) is 7.59. The topological polar surface area (TPSA) is 120 Å². The van der Waals surface area contributed by atoms with E-state index in [0.717, 1.165) is 12.0 Å². The summed E-state index contributed by atoms with van der Waals surface area (Å²) in [5.41, 5.74) is 0.586. The number of ether oxygens (including phenoxy) is 3. The predicted molar refractivity (Wildman–Crippen MR) is 131 cm³/mol. The fourth-order valence-corrected chi connectivity index (χ4v) is 3.45. The van der Waals surface area contributed by atoms with E-state index in [2.05, 4.69) is 5.32 Å². The minimum atomic E-state index is -0.710. The van der Waals surface area contributed by atoms with Gasteiger partial charge in [0, 0.05) is 24.7 Å². The number of amides is 2. The Morgan fingerprint density at radius 1 is 1.06 bits per heavy atom. The number of rotatable bonds is 13. The normalized spacial score (nSPS) is 12.3. The lowest BCUT2D eigenvalue weighted by molar-refractivity contribution is -0.385. The Morgan fingerprint density at radius 3 is 2.40 bits per heavy atom. The number of hydrogen-bond donors (Lipinski definition) is 1. The molecular formula is C25H33N3O7. The number of carbonyl (C=O) groups excluding carboxylic acids is 2. The molecule has 190 valence electrons. The molecule has 10 heteroatoms. The highest BCUT2D eigenvalue weighted by Crippen LogP contribution is 2.30. The molecule has 2 aromatic rings. The van der Waals surface area contributed by atoms with Crippen molar-refractivity contribution in [3.05, 3.63) is 58.1 Å². The molecule has 0 saturated carbocycles. The molecule has 0 saturated heterocycles. The van der Waals surface area contributed by atoms with Gasteiger partial charge in [0.15, 0.2) is 6.61 Å². The van der Waals surface area contributed by atoms with E-state index in [0.29, 0.717) is 12.2 Å². The Kier molecular flexibility index (Phi) is 10.3. The van der Waals surface area contributed by atoms with Gasteiger partial charge in [-0.1, -0.05) is 26.0 Å². The molecule has 0 unspecified atom stereocenters. The van der Waals surface area contributed by atoms with Crippen LogP contribution in [-0.2, 0) is 16.1 Å². The average Bonchev–Trinajstić information content (AvgIpc) is 2.86. The molecule has 2 rings (SSSR count). The van der Waals surface area contributed by atoms with Gasteiger partial charge in [-0.05, 0) is 43.5 Å². The minimum Gasteiger partial charge on any atom is -0.497 e. The van der Waals surface area contributed by atoms with E-state index in [-0.39, 0.29) is 42.3 Å². The first-order valence-electron chi connectivity index (χ1n) is 11.4. The van der Waals surface area contributed by atoms with Crippen molar-refractivity contribution in [2.24, 2.45) is 0 Å². The van der Waals surface area contributed by atoms with Crippen LogP contribution in [0.2, 0.25) is 0 Å². The molecule has 1 N–H and O–H groups in total. The number of benzene rings is 2. The van der Waals surface area contributed by atoms with Gasteiger partial charge in [0.2, 0.25) is 11.7 Å². The van der Waals surface area contributed by atoms with Crippen LogP contribution in [0.5, 0.6) is 17.2 Å². The minimum absolute atomic E-state index is 0.0209. The molecule has 0 aliphatic carbocycles. The fourth-order valence-electron chi connectivity index (χ4n) is 3.45. The monoisotopic (exact) mass is 487 g/mol. The zero-order chi connectivity index (χ0) is 26.0. The molecule has 0 heterocycles. The van der Waals surface area contributed by atoms with Gasteiger partial charge in [-0.2, -0.15) is 0 Å². The van der Waals surface area contributed by atoms with E-state index in [1.165, 1.54) is 30.2 Å². The quantitative estimate of drug-likeness (QED) is 0.338. The summed E-state index contributed by atoms with van der Waals surface area (Å²) in [4.78, 5) is 38.4. The standard InChI is InChI=1S/C25H33N3O7/c1-6-17(3)26-25(30)21(7-2)27(15-18-9-8-10-19(13-18)33-4)24(29)16-35-20-11-12-22(28(31)32)23(14-20)34-5/h8-14,17,21H,6-7,15-16H2,1-5H3,(H,26,30)/t17-,21+/m0/s1. The number of nitrogens with one attached hydrogen (secondary N) is 1. The Hall–Kier alpha value is -3.82. The number of hydrogen-bond acceptors (Lipinski definition) is 7. The van der Waals surface area contributed by atoms with Gasteiger partial charge in [-0.15, -0.1) is 0 Å². The summed E-state index contributed by atoms with van der Waals surface area (Å²) >= 11 is 0. The van der Waals surface area contributed by atoms with Crippen LogP contribution >= 0.6 is 0 Å². The third-order valence-corrected chi connectivity index (χ3v) is 5.58. The van der Waals surface area contributed by atoms with E-state index < -0.39 is 16.9 Å². The lowest BCUT2D eigenvalue weighted by Crippen LogP contribution is -2.51. The average molecular weight is 488 g/mol. The Balaban J connectivity index is 2.27. The summed E-state index contributed by atoms with van der Waals surface area (Å²) in [6.07, 6.45) is 1.17. The molecule has 35 heavy (non-hydrogen) atoms. The number of carbonyl (C=O) groups is 2. The predicted octanol–water partition coefficient (Wildman–Crippen LogP) is 3.71. The van der Waals surface area contributed by atoms with Gasteiger partial charge >= 0.3 is 5.69 Å². The lowest BCUT2D eigenvalue weighted by atomic mass is 10.1. The smallest absolute Gasteiger partial charge is 0.311 e. The maximum atomic E-state index is 13.3. The highest BCUT2D eigenvalue weighted by Gasteiger charge is 2.29. The SMILES string of the molecule is CC[C@H](C(=O)N[C@@H](C)CC)N(Cc1cccc(OC)c1)C(=O)COc1ccc([N+](=O)[O-])c(OC)c1. The second-order valence-electron chi connectivity index (χ2n) is 7.99. The van der Waals surface area contributed by atoms with Crippen LogP contribution in [-0.4, -0.2) is 54.5 Å². The maximum absolute atomic E-state index is 13.3. The highest BCUT2D eigenvalue weighted by atomic mass is 16.6. The van der Waals surface area contributed by atoms with Crippen molar-refractivity contribution in [1.82, 2.24) is 10.2 Å². The third-order valence-electron chi connectivity index (χ3n) is 5.58. The first kappa shape index (κ1) is 27.4. The van der Waals surface area contributed by atoms with Gasteiger partial charge < -0.3 is 24.4 Å². The molecule has 0 fully saturated rings. The van der Waals surface area contributed by atoms with E-state index >= 15 is 0 Å². The molecule has 2 amide bonds. The number of methoxy groups -OCH3 is 2. The first-order chi connectivity index (χ1) is 16.7. The van der Waals surface area contributed by atoms with Crippen molar-refractivity contribution >= 4 is 17.5 Å². The molecule has 0 aromatic heterocycles. The largest absolute Gasteiger partial charge is 0.497 e. The van der Waals surface area contributed by atoms with Crippen molar-refractivity contribution in [1.29, 1.82) is 0 Å². The van der Waals surface area contributed by atoms with E-state index in [1.54, 1.807) is 13.2 Å². The van der Waals surface area contributed by atoms with Crippen molar-refractivity contribution in [3.63, 3.8) is 0 Å². The highest BCUT2D eigenvalue weighted by molar-refractivity contribution is 5.88. The molecule has 0 spiro atoms. The van der Waals surface area contributed by atoms with Crippen LogP contribution in [0.1, 0.15) is 39.2 Å². The van der Waals surface area contributed by atoms with Crippen LogP contribution in [0.25, 0.3) is 0 Å². The Bertz CT molecular complexity index is 1030. The zero-order valence-electron chi connectivity index (χ0n) is 20.8. The van der Waals surface area contributed by atoms with Gasteiger partial charge in [0.25, 0.3) is 5.91 Å². The number of nitro benzene ring substituents is 1. The van der Waals surface area contributed by atoms with Crippen molar-refractivity contribution in [2.75, 3.05) is 20.8 Å². The summed E-state index contributed by atoms with van der Waals surface area (Å²) in [6, 6.07) is 10.5. The van der Waals surface area contributed by atoms with Gasteiger partial charge in [0.05, 0.1) is 19.1 Å². The van der Waals surface area contributed by atoms with Crippen molar-refractivity contribution in [2.45, 2.75) is 52.2 Å². The second kappa shape index (κ2) is 13.2. The van der Waals surface area contributed by atoms with Crippen LogP contribution in [0.3, 0.4) is 0 Å². The van der Waals surface area contributed by atoms with Gasteiger partial charge in [-0.3, -0.25) is 19.7 Å². The molecule has 0 aliphatic rings. The van der Waals surface area contributed by atoms with Crippen molar-refractivity contribution in [3.8, 4) is 17.2 Å². The van der Waals surface area contributed by atoms with Crippen LogP contribution in [0.4, 0.5) is 5.69 Å². The zero-order valence-corrected chi connectivity index (χ0v) is 20.8. The van der Waals surface area contributed by atoms with Gasteiger partial charge in [0.1, 0.15) is 17.5 Å². The number of nitro groups is 1. The number of nitrogens with zero attached hydrogens (tertiary/aromatic N) is 2. The van der Waals surface area contributed by atoms with Gasteiger partial charge in [-0.25, -0.2) is 0 Å². The van der Waals surface area contributed by atoms with E-state index in [4.69, 9.17) is 14.2 Å². The molecular weight excluding hydrogens is 454 g/mol. The summed E-state index contributed by atoms with van der Waals surface area (Å²) in [5, 5.41) is 14.1. The first-order valence-corrected chi connectivity index (χ1v) is 11.4. The Morgan fingerprint density at radius 2 is 1.80 bits per heavy atom. The molecule has 2 atom stereocenters. The summed E-state index contributed by atoms with van der Waals surface area (Å²) in [7, 11) is 2.87. The van der Waals surface area contributed by atoms with E-state index in [9.17, 15) is 19.7 Å². The molecule has 2 aromatic carbocycles. The Labute approximate surface area is 205 Å². The molecule has 0 radical (unpaired) electrons. The molecule has 0 aliphatic heterocycles. The molecule has 10 nitrogen and oxygen atoms in total. The van der Waals surface area contributed by atoms with Crippen LogP contribution in [0.15, 0.2) is 42.5 Å². The maximum Gasteiger partial charge on any atom is 0.311 e. The van der Waals surface area contributed by atoms with E-state index in [1.807, 2.05) is 39.0 Å². The fraction of sp³-hybridized carbons (Fsp3) is 0.440. The second-order valence-corrected chi connectivity index (χ2v) is 7.99. The summed E-state index contributed by atoms with van der Waals surface area (Å²) < 4.78 is 16.0. The lowest BCUT2D eigenvalue weighted by Gasteiger charge is -2.31.